The molecular weight excluding hydrogens is 268 g/mol. The van der Waals surface area contributed by atoms with Crippen molar-refractivity contribution in [1.29, 1.82) is 0 Å². The van der Waals surface area contributed by atoms with Crippen molar-refractivity contribution < 1.29 is 0 Å². The van der Waals surface area contributed by atoms with Crippen molar-refractivity contribution in [3.63, 3.8) is 0 Å². The summed E-state index contributed by atoms with van der Waals surface area (Å²) < 4.78 is 1.98. The highest BCUT2D eigenvalue weighted by Crippen LogP contribution is 2.29. The molecule has 0 atom stereocenters. The van der Waals surface area contributed by atoms with E-state index < -0.39 is 0 Å². The van der Waals surface area contributed by atoms with E-state index in [-0.39, 0.29) is 0 Å². The third-order valence-corrected chi connectivity index (χ3v) is 4.36. The molecule has 0 saturated carbocycles. The van der Waals surface area contributed by atoms with Crippen LogP contribution in [0.3, 0.4) is 0 Å². The zero-order chi connectivity index (χ0) is 13.5. The van der Waals surface area contributed by atoms with Crippen LogP contribution in [0.2, 0.25) is 0 Å². The monoisotopic (exact) mass is 282 g/mol. The molecule has 1 aliphatic rings. The average Bonchev–Trinajstić information content (AvgIpc) is 3.17. The van der Waals surface area contributed by atoms with Gasteiger partial charge in [-0.15, -0.1) is 0 Å². The quantitative estimate of drug-likeness (QED) is 0.784. The minimum Gasteiger partial charge on any atom is -0.369 e. The summed E-state index contributed by atoms with van der Waals surface area (Å²) >= 11 is 1.71. The van der Waals surface area contributed by atoms with E-state index in [0.29, 0.717) is 0 Å². The molecule has 20 heavy (non-hydrogen) atoms. The minimum atomic E-state index is 0.955. The van der Waals surface area contributed by atoms with Crippen LogP contribution in [0.15, 0.2) is 35.3 Å². The highest BCUT2D eigenvalue weighted by atomic mass is 32.1. The largest absolute Gasteiger partial charge is 0.369 e. The van der Waals surface area contributed by atoms with Gasteiger partial charge in [0, 0.05) is 30.1 Å². The van der Waals surface area contributed by atoms with E-state index in [0.717, 1.165) is 30.2 Å². The Morgan fingerprint density at radius 2 is 2.30 bits per heavy atom. The summed E-state index contributed by atoms with van der Waals surface area (Å²) in [6, 6.07) is 4.17. The predicted octanol–water partition coefficient (Wildman–Crippen LogP) is 3.27. The maximum atomic E-state index is 4.68. The number of pyridine rings is 1. The molecule has 4 heterocycles. The molecule has 0 spiro atoms. The highest BCUT2D eigenvalue weighted by Gasteiger charge is 2.18. The molecule has 0 radical (unpaired) electrons. The number of anilines is 1. The summed E-state index contributed by atoms with van der Waals surface area (Å²) in [5, 5.41) is 12.2. The zero-order valence-corrected chi connectivity index (χ0v) is 11.9. The first-order chi connectivity index (χ1) is 9.83. The summed E-state index contributed by atoms with van der Waals surface area (Å²) in [7, 11) is 0. The van der Waals surface area contributed by atoms with Gasteiger partial charge >= 0.3 is 0 Å². The van der Waals surface area contributed by atoms with Gasteiger partial charge in [-0.25, -0.2) is 9.67 Å². The maximum Gasteiger partial charge on any atom is 0.131 e. The minimum absolute atomic E-state index is 0.955. The third-order valence-electron chi connectivity index (χ3n) is 3.68. The first-order valence-corrected chi connectivity index (χ1v) is 7.58. The SMILES string of the molecule is Cc1nn(-c2ccnc3c2CCN3)cc1-c1ccsc1. The number of aromatic nitrogens is 3. The number of rotatable bonds is 2. The van der Waals surface area contributed by atoms with E-state index >= 15 is 0 Å². The maximum absolute atomic E-state index is 4.68. The number of thiophene rings is 1. The second-order valence-corrected chi connectivity index (χ2v) is 5.70. The number of nitrogens with zero attached hydrogens (tertiary/aromatic N) is 3. The number of hydrogen-bond acceptors (Lipinski definition) is 4. The Bertz CT molecular complexity index is 758. The van der Waals surface area contributed by atoms with Gasteiger partial charge in [-0.1, -0.05) is 0 Å². The molecule has 100 valence electrons. The van der Waals surface area contributed by atoms with Crippen LogP contribution in [0, 0.1) is 6.92 Å². The molecule has 3 aromatic rings. The van der Waals surface area contributed by atoms with Crippen molar-refractivity contribution >= 4 is 17.2 Å². The summed E-state index contributed by atoms with van der Waals surface area (Å²) in [5.41, 5.74) is 5.88. The smallest absolute Gasteiger partial charge is 0.131 e. The molecule has 0 aromatic carbocycles. The van der Waals surface area contributed by atoms with Crippen LogP contribution in [-0.2, 0) is 6.42 Å². The molecule has 0 unspecified atom stereocenters. The van der Waals surface area contributed by atoms with Crippen LogP contribution >= 0.6 is 11.3 Å². The third kappa shape index (κ3) is 1.74. The molecule has 0 fully saturated rings. The molecule has 1 aliphatic heterocycles. The average molecular weight is 282 g/mol. The van der Waals surface area contributed by atoms with E-state index in [4.69, 9.17) is 0 Å². The Labute approximate surface area is 121 Å². The van der Waals surface area contributed by atoms with Gasteiger partial charge in [-0.05, 0) is 41.8 Å². The molecule has 1 N–H and O–H groups in total. The van der Waals surface area contributed by atoms with E-state index in [2.05, 4.69) is 45.3 Å². The van der Waals surface area contributed by atoms with Crippen molar-refractivity contribution in [2.24, 2.45) is 0 Å². The number of aryl methyl sites for hydroxylation is 1. The van der Waals surface area contributed by atoms with Crippen molar-refractivity contribution in [3.05, 3.63) is 46.5 Å². The molecule has 3 aromatic heterocycles. The molecular formula is C15H14N4S. The Balaban J connectivity index is 1.85. The Hall–Kier alpha value is -2.14. The fraction of sp³-hybridized carbons (Fsp3) is 0.200. The summed E-state index contributed by atoms with van der Waals surface area (Å²) in [5.74, 6) is 0.993. The van der Waals surface area contributed by atoms with Crippen molar-refractivity contribution in [1.82, 2.24) is 14.8 Å². The fourth-order valence-electron chi connectivity index (χ4n) is 2.69. The number of hydrogen-bond donors (Lipinski definition) is 1. The van der Waals surface area contributed by atoms with Crippen molar-refractivity contribution in [2.75, 3.05) is 11.9 Å². The van der Waals surface area contributed by atoms with Gasteiger partial charge in [0.1, 0.15) is 5.82 Å². The summed E-state index contributed by atoms with van der Waals surface area (Å²) in [6.45, 7) is 3.01. The van der Waals surface area contributed by atoms with E-state index in [9.17, 15) is 0 Å². The predicted molar refractivity (Wildman–Crippen MR) is 81.6 cm³/mol. The number of nitrogens with one attached hydrogen (secondary N) is 1. The van der Waals surface area contributed by atoms with Gasteiger partial charge in [-0.2, -0.15) is 16.4 Å². The summed E-state index contributed by atoms with van der Waals surface area (Å²) in [6.07, 6.45) is 4.96. The van der Waals surface area contributed by atoms with Gasteiger partial charge < -0.3 is 5.32 Å². The molecule has 0 bridgehead atoms. The van der Waals surface area contributed by atoms with Gasteiger partial charge in [-0.3, -0.25) is 0 Å². The zero-order valence-electron chi connectivity index (χ0n) is 11.1. The van der Waals surface area contributed by atoms with Crippen LogP contribution in [0.4, 0.5) is 5.82 Å². The first-order valence-electron chi connectivity index (χ1n) is 6.64. The highest BCUT2D eigenvalue weighted by molar-refractivity contribution is 7.08. The lowest BCUT2D eigenvalue weighted by Gasteiger charge is -2.06. The Kier molecular flexibility index (Phi) is 2.60. The molecule has 0 saturated heterocycles. The van der Waals surface area contributed by atoms with Crippen LogP contribution in [0.25, 0.3) is 16.8 Å². The second kappa shape index (κ2) is 4.45. The lowest BCUT2D eigenvalue weighted by Crippen LogP contribution is -2.00. The Morgan fingerprint density at radius 3 is 3.15 bits per heavy atom. The van der Waals surface area contributed by atoms with Crippen LogP contribution in [-0.4, -0.2) is 21.3 Å². The molecule has 4 rings (SSSR count). The first kappa shape index (κ1) is 11.7. The molecule has 0 amide bonds. The van der Waals surface area contributed by atoms with Crippen LogP contribution in [0.5, 0.6) is 0 Å². The van der Waals surface area contributed by atoms with Gasteiger partial charge in [0.15, 0.2) is 0 Å². The lowest BCUT2D eigenvalue weighted by molar-refractivity contribution is 0.849. The topological polar surface area (TPSA) is 42.7 Å². The van der Waals surface area contributed by atoms with Gasteiger partial charge in [0.05, 0.1) is 11.4 Å². The fourth-order valence-corrected chi connectivity index (χ4v) is 3.34. The number of fused-ring (bicyclic) bond motifs is 1. The van der Waals surface area contributed by atoms with Crippen molar-refractivity contribution in [2.45, 2.75) is 13.3 Å². The van der Waals surface area contributed by atoms with Crippen LogP contribution in [0.1, 0.15) is 11.3 Å². The van der Waals surface area contributed by atoms with E-state index in [1.165, 1.54) is 16.7 Å². The van der Waals surface area contributed by atoms with Gasteiger partial charge in [0.2, 0.25) is 0 Å². The van der Waals surface area contributed by atoms with E-state index in [1.807, 2.05) is 16.9 Å². The normalized spacial score (nSPS) is 13.2. The molecule has 5 heteroatoms. The molecule has 4 nitrogen and oxygen atoms in total. The Morgan fingerprint density at radius 1 is 1.35 bits per heavy atom. The van der Waals surface area contributed by atoms with Crippen LogP contribution < -0.4 is 5.32 Å². The second-order valence-electron chi connectivity index (χ2n) is 4.92. The lowest BCUT2D eigenvalue weighted by atomic mass is 10.1. The summed E-state index contributed by atoms with van der Waals surface area (Å²) in [4.78, 5) is 4.37. The van der Waals surface area contributed by atoms with Gasteiger partial charge in [0.25, 0.3) is 0 Å². The molecule has 0 aliphatic carbocycles. The van der Waals surface area contributed by atoms with Crippen molar-refractivity contribution in [3.8, 4) is 16.8 Å². The standard InChI is InChI=1S/C15H14N4S/c1-10-13(11-4-7-20-9-11)8-19(18-10)14-3-6-17-15-12(14)2-5-16-15/h3-4,6-9H,2,5H2,1H3,(H,16,17). The van der Waals surface area contributed by atoms with E-state index in [1.54, 1.807) is 11.3 Å².